The van der Waals surface area contributed by atoms with Crippen molar-refractivity contribution >= 4 is 33.2 Å². The zero-order chi connectivity index (χ0) is 25.7. The van der Waals surface area contributed by atoms with Gasteiger partial charge >= 0.3 is 0 Å². The molecule has 2 amide bonds. The highest BCUT2D eigenvalue weighted by Crippen LogP contribution is 2.25. The first-order valence-corrected chi connectivity index (χ1v) is 13.2. The molecule has 0 unspecified atom stereocenters. The van der Waals surface area contributed by atoms with Crippen molar-refractivity contribution in [2.24, 2.45) is 0 Å². The first kappa shape index (κ1) is 25.4. The third-order valence-electron chi connectivity index (χ3n) is 6.09. The number of hydrogen-bond donors (Lipinski definition) is 1. The summed E-state index contributed by atoms with van der Waals surface area (Å²) >= 11 is 0. The summed E-state index contributed by atoms with van der Waals surface area (Å²) in [4.78, 5) is 27.9. The van der Waals surface area contributed by atoms with Crippen molar-refractivity contribution < 1.29 is 22.4 Å². The number of halogens is 1. The molecule has 1 aliphatic rings. The lowest BCUT2D eigenvalue weighted by molar-refractivity contribution is -0.114. The summed E-state index contributed by atoms with van der Waals surface area (Å²) in [6, 6.07) is 17.9. The van der Waals surface area contributed by atoms with Crippen LogP contribution in [0.1, 0.15) is 35.2 Å². The summed E-state index contributed by atoms with van der Waals surface area (Å²) in [5, 5.41) is 2.72. The first-order chi connectivity index (χ1) is 17.3. The van der Waals surface area contributed by atoms with E-state index in [1.807, 2.05) is 6.92 Å². The monoisotopic (exact) mass is 509 g/mol. The quantitative estimate of drug-likeness (QED) is 0.505. The van der Waals surface area contributed by atoms with Gasteiger partial charge in [0.25, 0.3) is 15.9 Å². The topological polar surface area (TPSA) is 86.8 Å². The SMILES string of the molecule is Cc1ccc(N(CC(=O)Nc2ccccc2C(=O)N2CCCCC2)S(=O)(=O)c2ccc(F)cc2)cc1. The van der Waals surface area contributed by atoms with E-state index in [1.165, 1.54) is 0 Å². The number of para-hydroxylation sites is 1. The van der Waals surface area contributed by atoms with Crippen molar-refractivity contribution in [3.63, 3.8) is 0 Å². The van der Waals surface area contributed by atoms with Gasteiger partial charge in [-0.2, -0.15) is 0 Å². The number of carbonyl (C=O) groups is 2. The van der Waals surface area contributed by atoms with Gasteiger partial charge in [0.1, 0.15) is 12.4 Å². The van der Waals surface area contributed by atoms with Gasteiger partial charge in [-0.25, -0.2) is 12.8 Å². The molecule has 4 rings (SSSR count). The number of sulfonamides is 1. The van der Waals surface area contributed by atoms with Crippen LogP contribution in [0, 0.1) is 12.7 Å². The Morgan fingerprint density at radius 1 is 0.917 bits per heavy atom. The highest BCUT2D eigenvalue weighted by atomic mass is 32.2. The largest absolute Gasteiger partial charge is 0.339 e. The summed E-state index contributed by atoms with van der Waals surface area (Å²) < 4.78 is 41.3. The van der Waals surface area contributed by atoms with E-state index in [0.29, 0.717) is 24.3 Å². The molecule has 1 aliphatic heterocycles. The second-order valence-corrected chi connectivity index (χ2v) is 10.6. The van der Waals surface area contributed by atoms with Gasteiger partial charge in [-0.1, -0.05) is 29.8 Å². The molecule has 0 spiro atoms. The molecule has 1 N–H and O–H groups in total. The predicted molar refractivity (Wildman–Crippen MR) is 137 cm³/mol. The third-order valence-corrected chi connectivity index (χ3v) is 7.87. The van der Waals surface area contributed by atoms with Crippen LogP contribution in [-0.2, 0) is 14.8 Å². The number of anilines is 2. The molecular weight excluding hydrogens is 481 g/mol. The number of nitrogens with one attached hydrogen (secondary N) is 1. The molecule has 36 heavy (non-hydrogen) atoms. The van der Waals surface area contributed by atoms with Crippen molar-refractivity contribution in [2.75, 3.05) is 29.3 Å². The highest BCUT2D eigenvalue weighted by molar-refractivity contribution is 7.92. The lowest BCUT2D eigenvalue weighted by Crippen LogP contribution is -2.39. The van der Waals surface area contributed by atoms with Crippen LogP contribution in [0.2, 0.25) is 0 Å². The molecule has 7 nitrogen and oxygen atoms in total. The van der Waals surface area contributed by atoms with Crippen LogP contribution in [0.25, 0.3) is 0 Å². The highest BCUT2D eigenvalue weighted by Gasteiger charge is 2.28. The maximum Gasteiger partial charge on any atom is 0.264 e. The van der Waals surface area contributed by atoms with Gasteiger partial charge in [-0.15, -0.1) is 0 Å². The molecule has 188 valence electrons. The Kier molecular flexibility index (Phi) is 7.69. The Bertz CT molecular complexity index is 1340. The number of aryl methyl sites for hydroxylation is 1. The maximum atomic E-state index is 13.5. The molecule has 0 aliphatic carbocycles. The molecule has 1 heterocycles. The fraction of sp³-hybridized carbons (Fsp3) is 0.259. The van der Waals surface area contributed by atoms with Gasteiger partial charge < -0.3 is 10.2 Å². The van der Waals surface area contributed by atoms with Gasteiger partial charge in [-0.05, 0) is 74.7 Å². The van der Waals surface area contributed by atoms with Crippen molar-refractivity contribution in [3.8, 4) is 0 Å². The Morgan fingerprint density at radius 3 is 2.22 bits per heavy atom. The summed E-state index contributed by atoms with van der Waals surface area (Å²) in [5.41, 5.74) is 1.89. The number of piperidine rings is 1. The van der Waals surface area contributed by atoms with Gasteiger partial charge in [0, 0.05) is 13.1 Å². The number of likely N-dealkylation sites (tertiary alicyclic amines) is 1. The average molecular weight is 510 g/mol. The van der Waals surface area contributed by atoms with E-state index in [4.69, 9.17) is 0 Å². The van der Waals surface area contributed by atoms with E-state index >= 15 is 0 Å². The second kappa shape index (κ2) is 10.9. The number of benzene rings is 3. The van der Waals surface area contributed by atoms with Gasteiger partial charge in [-0.3, -0.25) is 13.9 Å². The van der Waals surface area contributed by atoms with Crippen LogP contribution in [0.5, 0.6) is 0 Å². The van der Waals surface area contributed by atoms with Crippen LogP contribution in [0.4, 0.5) is 15.8 Å². The van der Waals surface area contributed by atoms with Gasteiger partial charge in [0.2, 0.25) is 5.91 Å². The number of hydrogen-bond acceptors (Lipinski definition) is 4. The molecule has 0 bridgehead atoms. The summed E-state index contributed by atoms with van der Waals surface area (Å²) in [5.74, 6) is -1.34. The van der Waals surface area contributed by atoms with Crippen molar-refractivity contribution in [1.82, 2.24) is 4.90 Å². The molecule has 0 radical (unpaired) electrons. The van der Waals surface area contributed by atoms with Crippen molar-refractivity contribution in [2.45, 2.75) is 31.1 Å². The zero-order valence-corrected chi connectivity index (χ0v) is 20.8. The van der Waals surface area contributed by atoms with Crippen LogP contribution in [0.15, 0.2) is 77.7 Å². The minimum Gasteiger partial charge on any atom is -0.339 e. The van der Waals surface area contributed by atoms with E-state index in [2.05, 4.69) is 5.32 Å². The number of nitrogens with zero attached hydrogens (tertiary/aromatic N) is 2. The minimum absolute atomic E-state index is 0.141. The maximum absolute atomic E-state index is 13.5. The van der Waals surface area contributed by atoms with E-state index in [9.17, 15) is 22.4 Å². The molecular formula is C27H28FN3O4S. The number of amides is 2. The molecule has 9 heteroatoms. The standard InChI is InChI=1S/C27H28FN3O4S/c1-20-9-13-22(14-10-20)31(36(34,35)23-15-11-21(28)12-16-23)19-26(32)29-25-8-4-3-7-24(25)27(33)30-17-5-2-6-18-30/h3-4,7-16H,2,5-6,17-19H2,1H3,(H,29,32). The fourth-order valence-electron chi connectivity index (χ4n) is 4.13. The zero-order valence-electron chi connectivity index (χ0n) is 20.0. The van der Waals surface area contributed by atoms with E-state index in [-0.39, 0.29) is 16.5 Å². The van der Waals surface area contributed by atoms with Crippen LogP contribution >= 0.6 is 0 Å². The number of rotatable bonds is 7. The fourth-order valence-corrected chi connectivity index (χ4v) is 5.55. The van der Waals surface area contributed by atoms with E-state index in [0.717, 1.165) is 53.4 Å². The molecule has 0 saturated carbocycles. The molecule has 1 saturated heterocycles. The van der Waals surface area contributed by atoms with Gasteiger partial charge in [0.05, 0.1) is 21.8 Å². The molecule has 0 atom stereocenters. The lowest BCUT2D eigenvalue weighted by atomic mass is 10.1. The second-order valence-electron chi connectivity index (χ2n) is 8.75. The normalized spacial score (nSPS) is 13.8. The molecule has 0 aromatic heterocycles. The predicted octanol–water partition coefficient (Wildman–Crippen LogP) is 4.59. The lowest BCUT2D eigenvalue weighted by Gasteiger charge is -2.28. The van der Waals surface area contributed by atoms with Crippen LogP contribution in [0.3, 0.4) is 0 Å². The Hall–Kier alpha value is -3.72. The smallest absolute Gasteiger partial charge is 0.264 e. The van der Waals surface area contributed by atoms with E-state index in [1.54, 1.807) is 53.4 Å². The Labute approximate surface area is 210 Å². The third kappa shape index (κ3) is 5.73. The number of carbonyl (C=O) groups excluding carboxylic acids is 2. The molecule has 3 aromatic carbocycles. The van der Waals surface area contributed by atoms with Gasteiger partial charge in [0.15, 0.2) is 0 Å². The van der Waals surface area contributed by atoms with Crippen LogP contribution < -0.4 is 9.62 Å². The summed E-state index contributed by atoms with van der Waals surface area (Å²) in [6.45, 7) is 2.66. The average Bonchev–Trinajstić information content (AvgIpc) is 2.88. The van der Waals surface area contributed by atoms with Crippen LogP contribution in [-0.4, -0.2) is 44.8 Å². The molecule has 3 aromatic rings. The molecule has 1 fully saturated rings. The first-order valence-electron chi connectivity index (χ1n) is 11.8. The Morgan fingerprint density at radius 2 is 1.56 bits per heavy atom. The van der Waals surface area contributed by atoms with Crippen molar-refractivity contribution in [1.29, 1.82) is 0 Å². The summed E-state index contributed by atoms with van der Waals surface area (Å²) in [7, 11) is -4.18. The summed E-state index contributed by atoms with van der Waals surface area (Å²) in [6.07, 6.45) is 2.96. The van der Waals surface area contributed by atoms with Crippen molar-refractivity contribution in [3.05, 3.63) is 89.7 Å². The van der Waals surface area contributed by atoms with E-state index < -0.39 is 28.3 Å². The minimum atomic E-state index is -4.18. The Balaban J connectivity index is 1.61.